The van der Waals surface area contributed by atoms with Gasteiger partial charge in [0.15, 0.2) is 17.1 Å². The number of hydrogen-bond acceptors (Lipinski definition) is 6. The summed E-state index contributed by atoms with van der Waals surface area (Å²) < 4.78 is 11.4. The highest BCUT2D eigenvalue weighted by molar-refractivity contribution is 7.99. The lowest BCUT2D eigenvalue weighted by molar-refractivity contribution is -0.113. The molecule has 194 valence electrons. The number of para-hydroxylation sites is 1. The summed E-state index contributed by atoms with van der Waals surface area (Å²) >= 11 is 1.27. The van der Waals surface area contributed by atoms with Gasteiger partial charge >= 0.3 is 0 Å². The van der Waals surface area contributed by atoms with Gasteiger partial charge < -0.3 is 14.6 Å². The molecule has 37 heavy (non-hydrogen) atoms. The molecular weight excluding hydrogens is 488 g/mol. The number of thioether (sulfide) groups is 1. The highest BCUT2D eigenvalue weighted by Crippen LogP contribution is 2.26. The van der Waals surface area contributed by atoms with E-state index in [1.807, 2.05) is 74.7 Å². The van der Waals surface area contributed by atoms with Gasteiger partial charge in [-0.05, 0) is 70.0 Å². The van der Waals surface area contributed by atoms with Gasteiger partial charge in [-0.3, -0.25) is 14.3 Å². The van der Waals surface area contributed by atoms with Gasteiger partial charge in [0.05, 0.1) is 17.1 Å². The van der Waals surface area contributed by atoms with E-state index in [-0.39, 0.29) is 29.0 Å². The van der Waals surface area contributed by atoms with Gasteiger partial charge in [0, 0.05) is 13.6 Å². The lowest BCUT2D eigenvalue weighted by Crippen LogP contribution is -2.23. The molecule has 2 aromatic carbocycles. The zero-order chi connectivity index (χ0) is 26.7. The molecule has 4 aromatic rings. The van der Waals surface area contributed by atoms with Crippen LogP contribution in [0.3, 0.4) is 0 Å². The van der Waals surface area contributed by atoms with E-state index in [1.54, 1.807) is 18.7 Å². The van der Waals surface area contributed by atoms with E-state index in [2.05, 4.69) is 21.6 Å². The summed E-state index contributed by atoms with van der Waals surface area (Å²) in [6.07, 6.45) is -0.319. The maximum Gasteiger partial charge on any atom is 0.295 e. The Labute approximate surface area is 220 Å². The summed E-state index contributed by atoms with van der Waals surface area (Å²) in [6.45, 7) is 10.4. The van der Waals surface area contributed by atoms with E-state index in [0.717, 1.165) is 22.6 Å². The van der Waals surface area contributed by atoms with Crippen molar-refractivity contribution < 1.29 is 9.53 Å². The van der Waals surface area contributed by atoms with E-state index >= 15 is 0 Å². The van der Waals surface area contributed by atoms with Crippen molar-refractivity contribution in [3.8, 4) is 11.4 Å². The first kappa shape index (κ1) is 26.3. The number of carbonyl (C=O) groups is 1. The largest absolute Gasteiger partial charge is 0.483 e. The van der Waals surface area contributed by atoms with E-state index in [9.17, 15) is 9.59 Å². The first-order valence-electron chi connectivity index (χ1n) is 12.1. The smallest absolute Gasteiger partial charge is 0.295 e. The van der Waals surface area contributed by atoms with Crippen LogP contribution in [0.4, 0.5) is 5.69 Å². The first-order chi connectivity index (χ1) is 17.7. The summed E-state index contributed by atoms with van der Waals surface area (Å²) in [5.41, 5.74) is 3.65. The van der Waals surface area contributed by atoms with Gasteiger partial charge in [-0.15, -0.1) is 10.2 Å². The number of nitrogens with one attached hydrogen (secondary N) is 1. The molecule has 4 rings (SSSR count). The number of amides is 1. The molecule has 0 bridgehead atoms. The molecule has 2 aromatic heterocycles. The van der Waals surface area contributed by atoms with Crippen LogP contribution in [0, 0.1) is 20.8 Å². The standard InChI is InChI=1S/C27H32N6O3S/c1-7-32-25(20(5)36-22-14-17(2)13-18(3)15-22)29-30-27(32)37-16-23(34)28-24-19(4)31(6)33(26(24)35)21-11-9-8-10-12-21/h8-15,20H,7,16H2,1-6H3,(H,28,34). The van der Waals surface area contributed by atoms with Crippen molar-refractivity contribution in [3.05, 3.63) is 81.5 Å². The molecule has 0 saturated carbocycles. The molecule has 2 heterocycles. The predicted molar refractivity (Wildman–Crippen MR) is 146 cm³/mol. The van der Waals surface area contributed by atoms with Crippen molar-refractivity contribution in [1.29, 1.82) is 0 Å². The molecule has 0 radical (unpaired) electrons. The fourth-order valence-corrected chi connectivity index (χ4v) is 5.09. The Morgan fingerprint density at radius 2 is 1.76 bits per heavy atom. The molecule has 0 aliphatic rings. The summed E-state index contributed by atoms with van der Waals surface area (Å²) in [7, 11) is 1.79. The zero-order valence-electron chi connectivity index (χ0n) is 22.0. The lowest BCUT2D eigenvalue weighted by Gasteiger charge is -2.16. The van der Waals surface area contributed by atoms with Crippen molar-refractivity contribution >= 4 is 23.4 Å². The average molecular weight is 521 g/mol. The normalized spacial score (nSPS) is 11.9. The Bertz CT molecular complexity index is 1450. The Hall–Kier alpha value is -3.79. The second kappa shape index (κ2) is 11.1. The van der Waals surface area contributed by atoms with Crippen molar-refractivity contribution in [2.24, 2.45) is 7.05 Å². The van der Waals surface area contributed by atoms with Gasteiger partial charge in [-0.25, -0.2) is 4.68 Å². The van der Waals surface area contributed by atoms with Crippen molar-refractivity contribution in [2.45, 2.75) is 52.4 Å². The van der Waals surface area contributed by atoms with Crippen LogP contribution in [0.2, 0.25) is 0 Å². The summed E-state index contributed by atoms with van der Waals surface area (Å²) in [5.74, 6) is 1.27. The van der Waals surface area contributed by atoms with Crippen molar-refractivity contribution in [3.63, 3.8) is 0 Å². The molecule has 10 heteroatoms. The Balaban J connectivity index is 1.45. The monoisotopic (exact) mass is 520 g/mol. The molecule has 0 aliphatic carbocycles. The number of rotatable bonds is 9. The highest BCUT2D eigenvalue weighted by Gasteiger charge is 2.21. The number of hydrogen-bond donors (Lipinski definition) is 1. The number of ether oxygens (including phenoxy) is 1. The molecule has 0 spiro atoms. The Morgan fingerprint density at radius 1 is 1.08 bits per heavy atom. The maximum atomic E-state index is 13.1. The van der Waals surface area contributed by atoms with Gasteiger partial charge in [-0.1, -0.05) is 36.0 Å². The third kappa shape index (κ3) is 5.64. The number of anilines is 1. The molecule has 1 amide bonds. The SMILES string of the molecule is CCn1c(SCC(=O)Nc2c(C)n(C)n(-c3ccccc3)c2=O)nnc1C(C)Oc1cc(C)cc(C)c1. The van der Waals surface area contributed by atoms with Crippen LogP contribution in [0.15, 0.2) is 58.5 Å². The van der Waals surface area contributed by atoms with E-state index in [0.29, 0.717) is 23.2 Å². The average Bonchev–Trinajstić information content (AvgIpc) is 3.36. The van der Waals surface area contributed by atoms with Gasteiger partial charge in [0.2, 0.25) is 5.91 Å². The maximum absolute atomic E-state index is 13.1. The number of nitrogens with zero attached hydrogens (tertiary/aromatic N) is 5. The van der Waals surface area contributed by atoms with Crippen LogP contribution in [-0.2, 0) is 18.4 Å². The molecule has 0 aliphatic heterocycles. The number of aromatic nitrogens is 5. The molecular formula is C27H32N6O3S. The zero-order valence-corrected chi connectivity index (χ0v) is 22.8. The van der Waals surface area contributed by atoms with Gasteiger partial charge in [0.25, 0.3) is 5.56 Å². The fourth-order valence-electron chi connectivity index (χ4n) is 4.28. The van der Waals surface area contributed by atoms with Crippen LogP contribution < -0.4 is 15.6 Å². The van der Waals surface area contributed by atoms with Crippen molar-refractivity contribution in [1.82, 2.24) is 24.1 Å². The molecule has 9 nitrogen and oxygen atoms in total. The minimum Gasteiger partial charge on any atom is -0.483 e. The van der Waals surface area contributed by atoms with Crippen LogP contribution in [0.5, 0.6) is 5.75 Å². The summed E-state index contributed by atoms with van der Waals surface area (Å²) in [4.78, 5) is 25.9. The number of aryl methyl sites for hydroxylation is 2. The van der Waals surface area contributed by atoms with Gasteiger partial charge in [0.1, 0.15) is 11.4 Å². The first-order valence-corrected chi connectivity index (χ1v) is 13.1. The second-order valence-corrected chi connectivity index (χ2v) is 9.88. The second-order valence-electron chi connectivity index (χ2n) is 8.94. The number of benzene rings is 2. The lowest BCUT2D eigenvalue weighted by atomic mass is 10.1. The van der Waals surface area contributed by atoms with Crippen molar-refractivity contribution in [2.75, 3.05) is 11.1 Å². The molecule has 1 unspecified atom stereocenters. The van der Waals surface area contributed by atoms with Crippen LogP contribution >= 0.6 is 11.8 Å². The van der Waals surface area contributed by atoms with E-state index in [1.165, 1.54) is 16.4 Å². The summed E-state index contributed by atoms with van der Waals surface area (Å²) in [5, 5.41) is 12.1. The van der Waals surface area contributed by atoms with Gasteiger partial charge in [-0.2, -0.15) is 0 Å². The third-order valence-corrected chi connectivity index (χ3v) is 7.05. The minimum atomic E-state index is -0.319. The number of carbonyl (C=O) groups excluding carboxylic acids is 1. The van der Waals surface area contributed by atoms with Crippen LogP contribution in [-0.4, -0.2) is 35.8 Å². The van der Waals surface area contributed by atoms with E-state index in [4.69, 9.17) is 4.74 Å². The van der Waals surface area contributed by atoms with Crippen LogP contribution in [0.25, 0.3) is 5.69 Å². The third-order valence-electron chi connectivity index (χ3n) is 6.08. The highest BCUT2D eigenvalue weighted by atomic mass is 32.2. The molecule has 0 saturated heterocycles. The molecule has 1 atom stereocenters. The topological polar surface area (TPSA) is 96.0 Å². The minimum absolute atomic E-state index is 0.0869. The molecule has 1 N–H and O–H groups in total. The molecule has 0 fully saturated rings. The Kier molecular flexibility index (Phi) is 7.87. The van der Waals surface area contributed by atoms with Crippen LogP contribution in [0.1, 0.15) is 42.6 Å². The quantitative estimate of drug-likeness (QED) is 0.325. The van der Waals surface area contributed by atoms with E-state index < -0.39 is 0 Å². The Morgan fingerprint density at radius 3 is 2.41 bits per heavy atom. The fraction of sp³-hybridized carbons (Fsp3) is 0.333. The predicted octanol–water partition coefficient (Wildman–Crippen LogP) is 4.58. The summed E-state index contributed by atoms with van der Waals surface area (Å²) in [6, 6.07) is 15.4.